The van der Waals surface area contributed by atoms with Crippen LogP contribution in [0.4, 0.5) is 0 Å². The molecule has 4 N–H and O–H groups in total. The number of benzene rings is 2. The standard InChI is InChI=1S/C20H19N7O4/c21-19(22)13-3-1-12(2-4-13)11-31-14-5-6-16-15(9-14)20(30)26(8-7-18(28)29)10-17-23-24-25-27(16)17/h1-6,9H,7-8,10-11H2,(H3,21,22)(H,28,29). The Labute approximate surface area is 176 Å². The Morgan fingerprint density at radius 1 is 1.23 bits per heavy atom. The molecule has 0 spiro atoms. The smallest absolute Gasteiger partial charge is 0.305 e. The van der Waals surface area contributed by atoms with Gasteiger partial charge in [-0.1, -0.05) is 24.3 Å². The molecule has 0 unspecified atom stereocenters. The van der Waals surface area contributed by atoms with E-state index in [4.69, 9.17) is 21.0 Å². The number of rotatable bonds is 7. The molecule has 11 nitrogen and oxygen atoms in total. The van der Waals surface area contributed by atoms with E-state index in [1.807, 2.05) is 12.1 Å². The van der Waals surface area contributed by atoms with Gasteiger partial charge in [-0.15, -0.1) is 5.10 Å². The number of aliphatic carboxylic acids is 1. The lowest BCUT2D eigenvalue weighted by molar-refractivity contribution is -0.137. The van der Waals surface area contributed by atoms with Crippen molar-refractivity contribution < 1.29 is 19.4 Å². The van der Waals surface area contributed by atoms with Gasteiger partial charge in [-0.25, -0.2) is 0 Å². The monoisotopic (exact) mass is 421 g/mol. The van der Waals surface area contributed by atoms with E-state index in [9.17, 15) is 9.59 Å². The van der Waals surface area contributed by atoms with Crippen LogP contribution in [0, 0.1) is 5.41 Å². The maximum Gasteiger partial charge on any atom is 0.305 e. The van der Waals surface area contributed by atoms with Crippen molar-refractivity contribution in [3.8, 4) is 11.4 Å². The molecule has 0 fully saturated rings. The number of carboxylic acid groups (broad SMARTS) is 1. The van der Waals surface area contributed by atoms with Gasteiger partial charge in [0.05, 0.1) is 24.2 Å². The van der Waals surface area contributed by atoms with Crippen LogP contribution in [0.5, 0.6) is 5.75 Å². The van der Waals surface area contributed by atoms with Gasteiger partial charge >= 0.3 is 5.97 Å². The first-order chi connectivity index (χ1) is 14.9. The predicted octanol–water partition coefficient (Wildman–Crippen LogP) is 0.956. The zero-order chi connectivity index (χ0) is 22.0. The number of amidine groups is 1. The number of carbonyl (C=O) groups excluding carboxylic acids is 1. The molecule has 158 valence electrons. The van der Waals surface area contributed by atoms with Crippen molar-refractivity contribution in [3.05, 3.63) is 65.0 Å². The highest BCUT2D eigenvalue weighted by Gasteiger charge is 2.28. The minimum atomic E-state index is -0.996. The van der Waals surface area contributed by atoms with Gasteiger partial charge in [-0.2, -0.15) is 4.68 Å². The Balaban J connectivity index is 1.58. The summed E-state index contributed by atoms with van der Waals surface area (Å²) >= 11 is 0. The zero-order valence-electron chi connectivity index (χ0n) is 16.4. The van der Waals surface area contributed by atoms with E-state index in [1.54, 1.807) is 30.3 Å². The number of amides is 1. The fraction of sp³-hybridized carbons (Fsp3) is 0.200. The fourth-order valence-corrected chi connectivity index (χ4v) is 3.22. The number of nitrogens with two attached hydrogens (primary N) is 1. The molecule has 4 rings (SSSR count). The summed E-state index contributed by atoms with van der Waals surface area (Å²) in [6.07, 6.45) is -0.185. The summed E-state index contributed by atoms with van der Waals surface area (Å²) in [5.74, 6) is -0.426. The van der Waals surface area contributed by atoms with Crippen molar-refractivity contribution in [1.82, 2.24) is 25.1 Å². The Hall–Kier alpha value is -4.28. The second kappa shape index (κ2) is 8.22. The second-order valence-corrected chi connectivity index (χ2v) is 6.96. The van der Waals surface area contributed by atoms with Crippen LogP contribution in [0.1, 0.15) is 33.7 Å². The van der Waals surface area contributed by atoms with Crippen molar-refractivity contribution in [3.63, 3.8) is 0 Å². The highest BCUT2D eigenvalue weighted by Crippen LogP contribution is 2.27. The number of tetrazole rings is 1. The van der Waals surface area contributed by atoms with Crippen LogP contribution >= 0.6 is 0 Å². The summed E-state index contributed by atoms with van der Waals surface area (Å²) in [6, 6.07) is 12.1. The number of aromatic nitrogens is 4. The van der Waals surface area contributed by atoms with Gasteiger partial charge in [0.2, 0.25) is 0 Å². The van der Waals surface area contributed by atoms with Gasteiger partial charge in [0, 0.05) is 12.1 Å². The predicted molar refractivity (Wildman–Crippen MR) is 108 cm³/mol. The molecule has 0 saturated carbocycles. The van der Waals surface area contributed by atoms with Crippen LogP contribution in [0.2, 0.25) is 0 Å². The number of nitrogens with zero attached hydrogens (tertiary/aromatic N) is 5. The van der Waals surface area contributed by atoms with Gasteiger partial charge in [-0.05, 0) is 34.2 Å². The van der Waals surface area contributed by atoms with Crippen molar-refractivity contribution in [2.24, 2.45) is 5.73 Å². The summed E-state index contributed by atoms with van der Waals surface area (Å²) in [5, 5.41) is 28.0. The van der Waals surface area contributed by atoms with Crippen molar-refractivity contribution in [2.45, 2.75) is 19.6 Å². The van der Waals surface area contributed by atoms with Gasteiger partial charge in [-0.3, -0.25) is 15.0 Å². The SMILES string of the molecule is N=C(N)c1ccc(COc2ccc3c(c2)C(=O)N(CCC(=O)O)Cc2nnnn2-3)cc1. The molecule has 0 bridgehead atoms. The molecule has 31 heavy (non-hydrogen) atoms. The molecule has 1 aliphatic rings. The van der Waals surface area contributed by atoms with E-state index in [0.717, 1.165) is 5.56 Å². The van der Waals surface area contributed by atoms with E-state index in [2.05, 4.69) is 15.5 Å². The third-order valence-electron chi connectivity index (χ3n) is 4.85. The number of ether oxygens (including phenoxy) is 1. The quantitative estimate of drug-likeness (QED) is 0.375. The molecule has 0 atom stereocenters. The Morgan fingerprint density at radius 2 is 2.00 bits per heavy atom. The van der Waals surface area contributed by atoms with E-state index < -0.39 is 5.97 Å². The van der Waals surface area contributed by atoms with Gasteiger partial charge in [0.25, 0.3) is 5.91 Å². The van der Waals surface area contributed by atoms with Crippen LogP contribution < -0.4 is 10.5 Å². The number of carboxylic acids is 1. The summed E-state index contributed by atoms with van der Waals surface area (Å²) in [6.45, 7) is 0.393. The Kier molecular flexibility index (Phi) is 5.31. The molecule has 0 saturated heterocycles. The highest BCUT2D eigenvalue weighted by atomic mass is 16.5. The number of hydrogen-bond donors (Lipinski definition) is 3. The first-order valence-corrected chi connectivity index (χ1v) is 9.41. The Bertz CT molecular complexity index is 1160. The third kappa shape index (κ3) is 4.20. The molecule has 1 amide bonds. The molecule has 2 aromatic carbocycles. The molecule has 11 heteroatoms. The second-order valence-electron chi connectivity index (χ2n) is 6.96. The van der Waals surface area contributed by atoms with Crippen LogP contribution in [0.25, 0.3) is 5.69 Å². The van der Waals surface area contributed by atoms with E-state index in [1.165, 1.54) is 9.58 Å². The number of nitrogen functional groups attached to an aromatic ring is 1. The number of nitrogens with one attached hydrogen (secondary N) is 1. The third-order valence-corrected chi connectivity index (χ3v) is 4.85. The molecular formula is C20H19N7O4. The van der Waals surface area contributed by atoms with Gasteiger partial charge in [0.15, 0.2) is 5.82 Å². The molecular weight excluding hydrogens is 402 g/mol. The lowest BCUT2D eigenvalue weighted by atomic mass is 10.1. The summed E-state index contributed by atoms with van der Waals surface area (Å²) < 4.78 is 7.31. The first kappa shape index (κ1) is 20.0. The average Bonchev–Trinajstić information content (AvgIpc) is 3.18. The van der Waals surface area contributed by atoms with Gasteiger partial charge in [0.1, 0.15) is 18.2 Å². The number of fused-ring (bicyclic) bond motifs is 3. The minimum absolute atomic E-state index is 0.00819. The summed E-state index contributed by atoms with van der Waals surface area (Å²) in [7, 11) is 0. The molecule has 0 aliphatic carbocycles. The van der Waals surface area contributed by atoms with Gasteiger partial charge < -0.3 is 20.5 Å². The largest absolute Gasteiger partial charge is 0.489 e. The topological polar surface area (TPSA) is 160 Å². The summed E-state index contributed by atoms with van der Waals surface area (Å²) in [5.41, 5.74) is 7.78. The van der Waals surface area contributed by atoms with E-state index in [-0.39, 0.29) is 37.9 Å². The maximum absolute atomic E-state index is 13.1. The lowest BCUT2D eigenvalue weighted by Crippen LogP contribution is -2.32. The van der Waals surface area contributed by atoms with Crippen LogP contribution in [0.3, 0.4) is 0 Å². The number of hydrogen-bond acceptors (Lipinski definition) is 7. The fourth-order valence-electron chi connectivity index (χ4n) is 3.22. The van der Waals surface area contributed by atoms with E-state index in [0.29, 0.717) is 28.4 Å². The van der Waals surface area contributed by atoms with Crippen LogP contribution in [-0.2, 0) is 17.9 Å². The highest BCUT2D eigenvalue weighted by molar-refractivity contribution is 5.98. The van der Waals surface area contributed by atoms with Crippen LogP contribution in [-0.4, -0.2) is 54.5 Å². The normalized spacial score (nSPS) is 12.6. The van der Waals surface area contributed by atoms with Crippen molar-refractivity contribution in [1.29, 1.82) is 5.41 Å². The zero-order valence-corrected chi connectivity index (χ0v) is 16.4. The average molecular weight is 421 g/mol. The van der Waals surface area contributed by atoms with Crippen LogP contribution in [0.15, 0.2) is 42.5 Å². The molecule has 2 heterocycles. The minimum Gasteiger partial charge on any atom is -0.489 e. The molecule has 0 radical (unpaired) electrons. The molecule has 1 aliphatic heterocycles. The summed E-state index contributed by atoms with van der Waals surface area (Å²) in [4.78, 5) is 25.5. The lowest BCUT2D eigenvalue weighted by Gasteiger charge is -2.19. The Morgan fingerprint density at radius 3 is 2.71 bits per heavy atom. The van der Waals surface area contributed by atoms with Crippen molar-refractivity contribution >= 4 is 17.7 Å². The molecule has 3 aromatic rings. The maximum atomic E-state index is 13.1. The van der Waals surface area contributed by atoms with E-state index >= 15 is 0 Å². The molecule has 1 aromatic heterocycles. The van der Waals surface area contributed by atoms with Crippen molar-refractivity contribution in [2.75, 3.05) is 6.54 Å². The number of carbonyl (C=O) groups is 2. The first-order valence-electron chi connectivity index (χ1n) is 9.41.